The van der Waals surface area contributed by atoms with Gasteiger partial charge in [0.2, 0.25) is 0 Å². The van der Waals surface area contributed by atoms with Crippen LogP contribution in [0.3, 0.4) is 0 Å². The van der Waals surface area contributed by atoms with Crippen LogP contribution >= 0.6 is 0 Å². The molecule has 2 rings (SSSR count). The number of benzene rings is 1. The maximum Gasteiger partial charge on any atom is 0.119 e. The minimum atomic E-state index is 0.364. The molecule has 0 bridgehead atoms. The van der Waals surface area contributed by atoms with Crippen LogP contribution < -0.4 is 15.4 Å². The predicted octanol–water partition coefficient (Wildman–Crippen LogP) is 2.79. The summed E-state index contributed by atoms with van der Waals surface area (Å²) < 4.78 is 5.60. The first-order valence-corrected chi connectivity index (χ1v) is 6.95. The number of rotatable bonds is 4. The van der Waals surface area contributed by atoms with Crippen molar-refractivity contribution in [2.75, 3.05) is 18.1 Å². The van der Waals surface area contributed by atoms with Crippen molar-refractivity contribution in [3.05, 3.63) is 24.3 Å². The quantitative estimate of drug-likeness (QED) is 0.890. The number of ether oxygens (including phenoxy) is 1. The van der Waals surface area contributed by atoms with Gasteiger partial charge in [-0.1, -0.05) is 6.92 Å². The maximum atomic E-state index is 6.00. The summed E-state index contributed by atoms with van der Waals surface area (Å²) in [5.41, 5.74) is 7.27. The standard InChI is InChI=1S/C15H24N2O/c1-3-10-18-15-6-4-14(5-7-15)17-9-8-13(16)11-12(17)2/h4-7,12-13H,3,8-11,16H2,1-2H3. The van der Waals surface area contributed by atoms with E-state index < -0.39 is 0 Å². The zero-order chi connectivity index (χ0) is 13.0. The topological polar surface area (TPSA) is 38.5 Å². The van der Waals surface area contributed by atoms with E-state index in [1.165, 1.54) is 5.69 Å². The number of hydrogen-bond donors (Lipinski definition) is 1. The van der Waals surface area contributed by atoms with Crippen LogP contribution in [0.2, 0.25) is 0 Å². The first-order valence-electron chi connectivity index (χ1n) is 6.95. The highest BCUT2D eigenvalue weighted by Crippen LogP contribution is 2.26. The number of nitrogens with two attached hydrogens (primary N) is 1. The van der Waals surface area contributed by atoms with Gasteiger partial charge in [-0.2, -0.15) is 0 Å². The van der Waals surface area contributed by atoms with E-state index in [1.807, 2.05) is 0 Å². The van der Waals surface area contributed by atoms with Gasteiger partial charge in [0.25, 0.3) is 0 Å². The van der Waals surface area contributed by atoms with E-state index in [-0.39, 0.29) is 0 Å². The molecule has 0 saturated carbocycles. The minimum absolute atomic E-state index is 0.364. The van der Waals surface area contributed by atoms with Crippen molar-refractivity contribution in [2.45, 2.75) is 45.2 Å². The fraction of sp³-hybridized carbons (Fsp3) is 0.600. The lowest BCUT2D eigenvalue weighted by Gasteiger charge is -2.38. The van der Waals surface area contributed by atoms with Crippen molar-refractivity contribution in [1.29, 1.82) is 0 Å². The average Bonchev–Trinajstić information content (AvgIpc) is 2.37. The van der Waals surface area contributed by atoms with Gasteiger partial charge in [0.15, 0.2) is 0 Å². The minimum Gasteiger partial charge on any atom is -0.494 e. The monoisotopic (exact) mass is 248 g/mol. The van der Waals surface area contributed by atoms with E-state index in [1.54, 1.807) is 0 Å². The molecule has 0 spiro atoms. The van der Waals surface area contributed by atoms with E-state index in [4.69, 9.17) is 10.5 Å². The molecule has 0 aromatic heterocycles. The Bertz CT molecular complexity index is 363. The number of anilines is 1. The molecule has 0 aliphatic carbocycles. The lowest BCUT2D eigenvalue weighted by molar-refractivity contribution is 0.317. The molecule has 1 aliphatic rings. The first kappa shape index (κ1) is 13.2. The van der Waals surface area contributed by atoms with Crippen LogP contribution in [-0.2, 0) is 0 Å². The van der Waals surface area contributed by atoms with Crippen LogP contribution in [0.5, 0.6) is 5.75 Å². The summed E-state index contributed by atoms with van der Waals surface area (Å²) >= 11 is 0. The second-order valence-electron chi connectivity index (χ2n) is 5.17. The van der Waals surface area contributed by atoms with Crippen molar-refractivity contribution in [3.63, 3.8) is 0 Å². The van der Waals surface area contributed by atoms with E-state index in [9.17, 15) is 0 Å². The highest BCUT2D eigenvalue weighted by Gasteiger charge is 2.23. The molecule has 1 aromatic carbocycles. The predicted molar refractivity (Wildman–Crippen MR) is 76.2 cm³/mol. The normalized spacial score (nSPS) is 24.1. The third-order valence-electron chi connectivity index (χ3n) is 3.56. The van der Waals surface area contributed by atoms with Crippen molar-refractivity contribution < 1.29 is 4.74 Å². The largest absolute Gasteiger partial charge is 0.494 e. The molecule has 0 amide bonds. The third-order valence-corrected chi connectivity index (χ3v) is 3.56. The van der Waals surface area contributed by atoms with Crippen LogP contribution in [0.4, 0.5) is 5.69 Å². The molecular weight excluding hydrogens is 224 g/mol. The molecule has 3 nitrogen and oxygen atoms in total. The number of hydrogen-bond acceptors (Lipinski definition) is 3. The van der Waals surface area contributed by atoms with E-state index in [0.29, 0.717) is 12.1 Å². The second-order valence-corrected chi connectivity index (χ2v) is 5.17. The van der Waals surface area contributed by atoms with Crippen molar-refractivity contribution >= 4 is 5.69 Å². The Hall–Kier alpha value is -1.22. The van der Waals surface area contributed by atoms with Gasteiger partial charge in [0.05, 0.1) is 6.61 Å². The molecule has 1 aliphatic heterocycles. The van der Waals surface area contributed by atoms with Gasteiger partial charge in [-0.3, -0.25) is 0 Å². The molecule has 1 saturated heterocycles. The van der Waals surface area contributed by atoms with Crippen LogP contribution in [0.1, 0.15) is 33.1 Å². The molecule has 18 heavy (non-hydrogen) atoms. The highest BCUT2D eigenvalue weighted by atomic mass is 16.5. The Balaban J connectivity index is 2.00. The molecular formula is C15H24N2O. The van der Waals surface area contributed by atoms with Gasteiger partial charge in [-0.05, 0) is 50.5 Å². The van der Waals surface area contributed by atoms with Gasteiger partial charge in [0, 0.05) is 24.3 Å². The average molecular weight is 248 g/mol. The van der Waals surface area contributed by atoms with Crippen LogP contribution in [0, 0.1) is 0 Å². The van der Waals surface area contributed by atoms with Crippen LogP contribution in [0.25, 0.3) is 0 Å². The molecule has 1 aromatic rings. The highest BCUT2D eigenvalue weighted by molar-refractivity contribution is 5.50. The summed E-state index contributed by atoms with van der Waals surface area (Å²) in [7, 11) is 0. The van der Waals surface area contributed by atoms with Crippen LogP contribution in [-0.4, -0.2) is 25.2 Å². The maximum absolute atomic E-state index is 6.00. The smallest absolute Gasteiger partial charge is 0.119 e. The number of nitrogens with zero attached hydrogens (tertiary/aromatic N) is 1. The van der Waals surface area contributed by atoms with Gasteiger partial charge in [0.1, 0.15) is 5.75 Å². The first-order chi connectivity index (χ1) is 8.70. The molecule has 3 heteroatoms. The summed E-state index contributed by atoms with van der Waals surface area (Å²) in [6.45, 7) is 6.21. The zero-order valence-corrected chi connectivity index (χ0v) is 11.4. The second kappa shape index (κ2) is 6.10. The molecule has 0 radical (unpaired) electrons. The molecule has 1 heterocycles. The van der Waals surface area contributed by atoms with Crippen molar-refractivity contribution in [1.82, 2.24) is 0 Å². The lowest BCUT2D eigenvalue weighted by Crippen LogP contribution is -2.45. The van der Waals surface area contributed by atoms with Gasteiger partial charge in [-0.25, -0.2) is 0 Å². The van der Waals surface area contributed by atoms with Gasteiger partial charge in [-0.15, -0.1) is 0 Å². The fourth-order valence-electron chi connectivity index (χ4n) is 2.55. The Morgan fingerprint density at radius 3 is 2.67 bits per heavy atom. The Morgan fingerprint density at radius 2 is 2.06 bits per heavy atom. The van der Waals surface area contributed by atoms with Gasteiger partial charge < -0.3 is 15.4 Å². The summed E-state index contributed by atoms with van der Waals surface area (Å²) in [4.78, 5) is 2.44. The summed E-state index contributed by atoms with van der Waals surface area (Å²) in [5.74, 6) is 0.960. The molecule has 1 fully saturated rings. The number of piperidine rings is 1. The summed E-state index contributed by atoms with van der Waals surface area (Å²) in [6, 6.07) is 9.31. The zero-order valence-electron chi connectivity index (χ0n) is 11.4. The van der Waals surface area contributed by atoms with Crippen molar-refractivity contribution in [3.8, 4) is 5.75 Å². The Kier molecular flexibility index (Phi) is 4.48. The third kappa shape index (κ3) is 3.16. The molecule has 2 N–H and O–H groups in total. The molecule has 2 atom stereocenters. The lowest BCUT2D eigenvalue weighted by atomic mass is 9.98. The SMILES string of the molecule is CCCOc1ccc(N2CCC(N)CC2C)cc1. The molecule has 100 valence electrons. The van der Waals surface area contributed by atoms with E-state index in [0.717, 1.165) is 38.2 Å². The Morgan fingerprint density at radius 1 is 1.33 bits per heavy atom. The van der Waals surface area contributed by atoms with E-state index >= 15 is 0 Å². The summed E-state index contributed by atoms with van der Waals surface area (Å²) in [5, 5.41) is 0. The Labute approximate surface area is 110 Å². The summed E-state index contributed by atoms with van der Waals surface area (Å²) in [6.07, 6.45) is 3.20. The molecule has 2 unspecified atom stereocenters. The van der Waals surface area contributed by atoms with Gasteiger partial charge >= 0.3 is 0 Å². The van der Waals surface area contributed by atoms with Crippen LogP contribution in [0.15, 0.2) is 24.3 Å². The van der Waals surface area contributed by atoms with E-state index in [2.05, 4.69) is 43.0 Å². The fourth-order valence-corrected chi connectivity index (χ4v) is 2.55. The van der Waals surface area contributed by atoms with Crippen molar-refractivity contribution in [2.24, 2.45) is 5.73 Å².